The van der Waals surface area contributed by atoms with Crippen molar-refractivity contribution in [2.75, 3.05) is 26.2 Å². The van der Waals surface area contributed by atoms with Gasteiger partial charge in [-0.15, -0.1) is 0 Å². The Morgan fingerprint density at radius 1 is 0.919 bits per heavy atom. The largest absolute Gasteiger partial charge is 0.490 e. The molecule has 2 unspecified atom stereocenters. The second-order valence-electron chi connectivity index (χ2n) is 9.83. The van der Waals surface area contributed by atoms with Crippen molar-refractivity contribution in [1.82, 2.24) is 9.88 Å². The number of likely N-dealkylation sites (tertiary alicyclic amines) is 1. The molecule has 1 fully saturated rings. The lowest BCUT2D eigenvalue weighted by atomic mass is 9.96. The Balaban J connectivity index is 1.05. The summed E-state index contributed by atoms with van der Waals surface area (Å²) < 4.78 is 18.8. The molecule has 6 nitrogen and oxygen atoms in total. The first-order valence-electron chi connectivity index (χ1n) is 13.1. The molecule has 2 atom stereocenters. The summed E-state index contributed by atoms with van der Waals surface area (Å²) in [6.45, 7) is 3.15. The van der Waals surface area contributed by atoms with Crippen LogP contribution in [0.3, 0.4) is 0 Å². The molecular weight excluding hydrogens is 464 g/mol. The Morgan fingerprint density at radius 3 is 2.62 bits per heavy atom. The fourth-order valence-electron chi connectivity index (χ4n) is 5.38. The number of para-hydroxylation sites is 1. The van der Waals surface area contributed by atoms with Crippen LogP contribution in [0.15, 0.2) is 85.1 Å². The van der Waals surface area contributed by atoms with Gasteiger partial charge in [-0.1, -0.05) is 48.5 Å². The molecule has 1 aromatic heterocycles. The third-order valence-corrected chi connectivity index (χ3v) is 7.29. The fourth-order valence-corrected chi connectivity index (χ4v) is 5.38. The normalized spacial score (nSPS) is 18.9. The predicted octanol–water partition coefficient (Wildman–Crippen LogP) is 5.14. The number of piperidine rings is 1. The van der Waals surface area contributed by atoms with Gasteiger partial charge in [-0.05, 0) is 54.3 Å². The summed E-state index contributed by atoms with van der Waals surface area (Å²) in [5, 5.41) is 11.6. The fraction of sp³-hybridized carbons (Fsp3) is 0.323. The molecule has 0 amide bonds. The summed E-state index contributed by atoms with van der Waals surface area (Å²) in [5.41, 5.74) is 4.34. The van der Waals surface area contributed by atoms with E-state index in [0.29, 0.717) is 13.2 Å². The molecular formula is C31H32N2O4. The summed E-state index contributed by atoms with van der Waals surface area (Å²) in [6, 6.07) is 26.3. The van der Waals surface area contributed by atoms with Crippen molar-refractivity contribution < 1.29 is 19.3 Å². The van der Waals surface area contributed by atoms with E-state index in [9.17, 15) is 5.11 Å². The maximum Gasteiger partial charge on any atom is 0.128 e. The molecule has 2 aliphatic rings. The Morgan fingerprint density at radius 2 is 1.73 bits per heavy atom. The number of ether oxygens (including phenoxy) is 3. The van der Waals surface area contributed by atoms with Crippen LogP contribution in [0.2, 0.25) is 0 Å². The topological polar surface area (TPSA) is 64.1 Å². The molecule has 0 spiro atoms. The van der Waals surface area contributed by atoms with Crippen molar-refractivity contribution in [3.8, 4) is 11.5 Å². The number of nitrogens with zero attached hydrogens (tertiary/aromatic N) is 2. The van der Waals surface area contributed by atoms with Crippen LogP contribution in [0, 0.1) is 0 Å². The van der Waals surface area contributed by atoms with E-state index < -0.39 is 6.10 Å². The highest BCUT2D eigenvalue weighted by molar-refractivity contribution is 5.84. The summed E-state index contributed by atoms with van der Waals surface area (Å²) in [4.78, 5) is 6.67. The number of β-amino-alcohol motifs (C(OH)–C–C–N with tert-alkyl or cyclic N) is 1. The number of hydrogen-bond donors (Lipinski definition) is 1. The van der Waals surface area contributed by atoms with Gasteiger partial charge < -0.3 is 24.2 Å². The number of aliphatic hydroxyl groups is 1. The quantitative estimate of drug-likeness (QED) is 0.382. The zero-order valence-corrected chi connectivity index (χ0v) is 20.8. The highest BCUT2D eigenvalue weighted by Gasteiger charge is 2.30. The Kier molecular flexibility index (Phi) is 7.04. The summed E-state index contributed by atoms with van der Waals surface area (Å²) in [6.07, 6.45) is 3.06. The zero-order chi connectivity index (χ0) is 25.0. The van der Waals surface area contributed by atoms with Gasteiger partial charge in [0.05, 0.1) is 11.6 Å². The number of fused-ring (bicyclic) bond motifs is 3. The van der Waals surface area contributed by atoms with Crippen LogP contribution in [-0.2, 0) is 11.3 Å². The van der Waals surface area contributed by atoms with Gasteiger partial charge in [-0.3, -0.25) is 4.98 Å². The average molecular weight is 497 g/mol. The number of rotatable bonds is 7. The van der Waals surface area contributed by atoms with E-state index >= 15 is 0 Å². The molecule has 190 valence electrons. The maximum absolute atomic E-state index is 10.7. The molecule has 0 radical (unpaired) electrons. The van der Waals surface area contributed by atoms with Crippen molar-refractivity contribution in [2.24, 2.45) is 0 Å². The van der Waals surface area contributed by atoms with Gasteiger partial charge in [0.1, 0.15) is 36.9 Å². The second kappa shape index (κ2) is 10.9. The minimum atomic E-state index is -0.567. The molecule has 1 N–H and O–H groups in total. The van der Waals surface area contributed by atoms with E-state index in [-0.39, 0.29) is 18.8 Å². The van der Waals surface area contributed by atoms with Crippen molar-refractivity contribution in [2.45, 2.75) is 37.8 Å². The van der Waals surface area contributed by atoms with Crippen molar-refractivity contribution in [1.29, 1.82) is 0 Å². The molecule has 4 aromatic rings. The number of hydrogen-bond acceptors (Lipinski definition) is 6. The number of pyridine rings is 1. The minimum Gasteiger partial charge on any atom is -0.490 e. The van der Waals surface area contributed by atoms with E-state index in [4.69, 9.17) is 14.2 Å². The Labute approximate surface area is 217 Å². The lowest BCUT2D eigenvalue weighted by Crippen LogP contribution is -2.42. The highest BCUT2D eigenvalue weighted by Crippen LogP contribution is 2.39. The molecule has 6 rings (SSSR count). The van der Waals surface area contributed by atoms with Crippen LogP contribution in [0.1, 0.15) is 35.6 Å². The molecule has 2 aliphatic heterocycles. The minimum absolute atomic E-state index is 0.138. The Hall–Kier alpha value is -3.45. The maximum atomic E-state index is 10.7. The van der Waals surface area contributed by atoms with Gasteiger partial charge >= 0.3 is 0 Å². The standard InChI is InChI=1S/C31H32N2O4/c34-23(21-36-29-13-5-11-28-26(29)10-6-16-32-28)19-33-17-14-24(15-18-33)37-31-25-8-2-1-7-22(25)20-35-30-12-4-3-9-27(30)31/h1-13,16,23-24,31,34H,14-15,17-21H2. The number of aliphatic hydroxyl groups excluding tert-OH is 1. The van der Waals surface area contributed by atoms with E-state index in [1.165, 1.54) is 11.1 Å². The van der Waals surface area contributed by atoms with Gasteiger partial charge in [0.15, 0.2) is 0 Å². The van der Waals surface area contributed by atoms with Gasteiger partial charge in [0.25, 0.3) is 0 Å². The molecule has 1 saturated heterocycles. The monoisotopic (exact) mass is 496 g/mol. The molecule has 3 aromatic carbocycles. The highest BCUT2D eigenvalue weighted by atomic mass is 16.5. The molecule has 0 bridgehead atoms. The predicted molar refractivity (Wildman–Crippen MR) is 143 cm³/mol. The van der Waals surface area contributed by atoms with E-state index in [1.807, 2.05) is 48.5 Å². The zero-order valence-electron chi connectivity index (χ0n) is 20.8. The first kappa shape index (κ1) is 23.9. The van der Waals surface area contributed by atoms with Crippen molar-refractivity contribution in [3.63, 3.8) is 0 Å². The van der Waals surface area contributed by atoms with E-state index in [1.54, 1.807) is 6.20 Å². The molecule has 0 saturated carbocycles. The number of aromatic nitrogens is 1. The smallest absolute Gasteiger partial charge is 0.128 e. The van der Waals surface area contributed by atoms with Crippen LogP contribution in [0.4, 0.5) is 0 Å². The van der Waals surface area contributed by atoms with E-state index in [0.717, 1.165) is 53.9 Å². The SMILES string of the molecule is OC(COc1cccc2ncccc12)CN1CCC(OC2c3ccccc3COc3ccccc32)CC1. The van der Waals surface area contributed by atoms with Gasteiger partial charge in [-0.2, -0.15) is 0 Å². The molecule has 37 heavy (non-hydrogen) atoms. The third-order valence-electron chi connectivity index (χ3n) is 7.29. The summed E-state index contributed by atoms with van der Waals surface area (Å²) >= 11 is 0. The van der Waals surface area contributed by atoms with Crippen LogP contribution in [0.5, 0.6) is 11.5 Å². The van der Waals surface area contributed by atoms with Crippen molar-refractivity contribution in [3.05, 3.63) is 102 Å². The first-order valence-corrected chi connectivity index (χ1v) is 13.1. The molecule has 6 heteroatoms. The molecule has 3 heterocycles. The molecule has 0 aliphatic carbocycles. The van der Waals surface area contributed by atoms with Crippen LogP contribution in [-0.4, -0.2) is 53.4 Å². The third kappa shape index (κ3) is 5.32. The lowest BCUT2D eigenvalue weighted by Gasteiger charge is -2.35. The first-order chi connectivity index (χ1) is 18.2. The Bertz CT molecular complexity index is 1300. The van der Waals surface area contributed by atoms with Gasteiger partial charge in [0.2, 0.25) is 0 Å². The summed E-state index contributed by atoms with van der Waals surface area (Å²) in [7, 11) is 0. The van der Waals surface area contributed by atoms with Gasteiger partial charge in [0, 0.05) is 36.8 Å². The van der Waals surface area contributed by atoms with Gasteiger partial charge in [-0.25, -0.2) is 0 Å². The average Bonchev–Trinajstić information content (AvgIpc) is 3.10. The summed E-state index contributed by atoms with van der Waals surface area (Å²) in [5.74, 6) is 1.65. The van der Waals surface area contributed by atoms with Crippen LogP contribution >= 0.6 is 0 Å². The van der Waals surface area contributed by atoms with Crippen molar-refractivity contribution >= 4 is 10.9 Å². The lowest BCUT2D eigenvalue weighted by molar-refractivity contribution is -0.0347. The second-order valence-corrected chi connectivity index (χ2v) is 9.83. The van der Waals surface area contributed by atoms with Crippen LogP contribution < -0.4 is 9.47 Å². The number of benzene rings is 3. The van der Waals surface area contributed by atoms with E-state index in [2.05, 4.69) is 40.2 Å². The van der Waals surface area contributed by atoms with Crippen LogP contribution in [0.25, 0.3) is 10.9 Å².